The molecule has 27 heavy (non-hydrogen) atoms. The van der Waals surface area contributed by atoms with Gasteiger partial charge in [0, 0.05) is 30.1 Å². The SMILES string of the molecule is Cc1nc(-c2ccc(C(=O)N3CCCC3c3cccnc3)cc2)ccc1O. The van der Waals surface area contributed by atoms with Crippen molar-refractivity contribution in [3.05, 3.63) is 77.7 Å². The number of aryl methyl sites for hydroxylation is 1. The van der Waals surface area contributed by atoms with Crippen LogP contribution in [0.25, 0.3) is 11.3 Å². The van der Waals surface area contributed by atoms with Crippen LogP contribution in [0.15, 0.2) is 60.9 Å². The van der Waals surface area contributed by atoms with E-state index in [1.54, 1.807) is 25.3 Å². The molecule has 4 rings (SSSR count). The highest BCUT2D eigenvalue weighted by atomic mass is 16.3. The summed E-state index contributed by atoms with van der Waals surface area (Å²) in [6, 6.07) is 15.0. The number of rotatable bonds is 3. The summed E-state index contributed by atoms with van der Waals surface area (Å²) in [5.41, 5.74) is 4.04. The standard InChI is InChI=1S/C22H21N3O2/c1-15-21(26)11-10-19(24-15)16-6-8-17(9-7-16)22(27)25-13-3-5-20(25)18-4-2-12-23-14-18/h2,4,6-12,14,20,26H,3,5,13H2,1H3. The highest BCUT2D eigenvalue weighted by Crippen LogP contribution is 2.33. The van der Waals surface area contributed by atoms with Crippen LogP contribution < -0.4 is 0 Å². The molecular weight excluding hydrogens is 338 g/mol. The average Bonchev–Trinajstić information content (AvgIpc) is 3.20. The van der Waals surface area contributed by atoms with Crippen molar-refractivity contribution in [1.82, 2.24) is 14.9 Å². The third kappa shape index (κ3) is 3.40. The molecular formula is C22H21N3O2. The summed E-state index contributed by atoms with van der Waals surface area (Å²) < 4.78 is 0. The first-order valence-corrected chi connectivity index (χ1v) is 9.11. The van der Waals surface area contributed by atoms with Gasteiger partial charge in [0.15, 0.2) is 0 Å². The fourth-order valence-electron chi connectivity index (χ4n) is 3.59. The molecule has 0 spiro atoms. The van der Waals surface area contributed by atoms with Crippen molar-refractivity contribution in [3.63, 3.8) is 0 Å². The molecule has 2 aromatic heterocycles. The number of hydrogen-bond acceptors (Lipinski definition) is 4. The lowest BCUT2D eigenvalue weighted by atomic mass is 10.0. The molecule has 1 aromatic carbocycles. The molecule has 0 radical (unpaired) electrons. The van der Waals surface area contributed by atoms with Crippen LogP contribution in [0, 0.1) is 6.92 Å². The first-order chi connectivity index (χ1) is 13.1. The van der Waals surface area contributed by atoms with Crippen molar-refractivity contribution < 1.29 is 9.90 Å². The molecule has 3 heterocycles. The van der Waals surface area contributed by atoms with E-state index in [4.69, 9.17) is 0 Å². The summed E-state index contributed by atoms with van der Waals surface area (Å²) in [5.74, 6) is 0.226. The quantitative estimate of drug-likeness (QED) is 0.763. The molecule has 5 nitrogen and oxygen atoms in total. The Balaban J connectivity index is 1.56. The Kier molecular flexibility index (Phi) is 4.59. The Morgan fingerprint density at radius 1 is 1.15 bits per heavy atom. The minimum Gasteiger partial charge on any atom is -0.506 e. The predicted molar refractivity (Wildman–Crippen MR) is 103 cm³/mol. The molecule has 1 aliphatic rings. The van der Waals surface area contributed by atoms with Gasteiger partial charge in [-0.25, -0.2) is 4.98 Å². The van der Waals surface area contributed by atoms with Crippen molar-refractivity contribution in [2.75, 3.05) is 6.54 Å². The maximum atomic E-state index is 13.0. The summed E-state index contributed by atoms with van der Waals surface area (Å²) in [6.07, 6.45) is 5.56. The summed E-state index contributed by atoms with van der Waals surface area (Å²) in [7, 11) is 0. The van der Waals surface area contributed by atoms with E-state index in [0.29, 0.717) is 11.3 Å². The van der Waals surface area contributed by atoms with Crippen molar-refractivity contribution >= 4 is 5.91 Å². The van der Waals surface area contributed by atoms with Gasteiger partial charge in [0.25, 0.3) is 5.91 Å². The first kappa shape index (κ1) is 17.2. The third-order valence-electron chi connectivity index (χ3n) is 5.07. The zero-order chi connectivity index (χ0) is 18.8. The molecule has 5 heteroatoms. The first-order valence-electron chi connectivity index (χ1n) is 9.11. The van der Waals surface area contributed by atoms with E-state index in [1.165, 1.54) is 0 Å². The highest BCUT2D eigenvalue weighted by molar-refractivity contribution is 5.95. The zero-order valence-corrected chi connectivity index (χ0v) is 15.2. The third-order valence-corrected chi connectivity index (χ3v) is 5.07. The van der Waals surface area contributed by atoms with Gasteiger partial charge in [-0.05, 0) is 55.7 Å². The van der Waals surface area contributed by atoms with Crippen molar-refractivity contribution in [2.45, 2.75) is 25.8 Å². The average molecular weight is 359 g/mol. The van der Waals surface area contributed by atoms with Gasteiger partial charge in [0.05, 0.1) is 17.4 Å². The molecule has 1 fully saturated rings. The molecule has 1 saturated heterocycles. The fraction of sp³-hybridized carbons (Fsp3) is 0.227. The summed E-state index contributed by atoms with van der Waals surface area (Å²) in [6.45, 7) is 2.53. The second-order valence-corrected chi connectivity index (χ2v) is 6.82. The topological polar surface area (TPSA) is 66.3 Å². The van der Waals surface area contributed by atoms with E-state index >= 15 is 0 Å². The Labute approximate surface area is 158 Å². The van der Waals surface area contributed by atoms with Crippen LogP contribution in [0.5, 0.6) is 5.75 Å². The van der Waals surface area contributed by atoms with E-state index in [0.717, 1.165) is 36.2 Å². The number of pyridine rings is 2. The number of benzene rings is 1. The van der Waals surface area contributed by atoms with Gasteiger partial charge in [-0.15, -0.1) is 0 Å². The smallest absolute Gasteiger partial charge is 0.254 e. The maximum absolute atomic E-state index is 13.0. The molecule has 136 valence electrons. The van der Waals surface area contributed by atoms with E-state index in [1.807, 2.05) is 47.5 Å². The lowest BCUT2D eigenvalue weighted by molar-refractivity contribution is 0.0735. The van der Waals surface area contributed by atoms with E-state index in [9.17, 15) is 9.90 Å². The van der Waals surface area contributed by atoms with Crippen LogP contribution in [0.3, 0.4) is 0 Å². The number of carbonyl (C=O) groups excluding carboxylic acids is 1. The Bertz CT molecular complexity index is 955. The Morgan fingerprint density at radius 2 is 1.96 bits per heavy atom. The Morgan fingerprint density at radius 3 is 2.67 bits per heavy atom. The number of aromatic hydroxyl groups is 1. The number of nitrogens with zero attached hydrogens (tertiary/aromatic N) is 3. The minimum absolute atomic E-state index is 0.0442. The summed E-state index contributed by atoms with van der Waals surface area (Å²) >= 11 is 0. The highest BCUT2D eigenvalue weighted by Gasteiger charge is 2.30. The van der Waals surface area contributed by atoms with E-state index < -0.39 is 0 Å². The van der Waals surface area contributed by atoms with Gasteiger partial charge < -0.3 is 10.0 Å². The van der Waals surface area contributed by atoms with Crippen molar-refractivity contribution in [2.24, 2.45) is 0 Å². The molecule has 0 aliphatic carbocycles. The van der Waals surface area contributed by atoms with Crippen molar-refractivity contribution in [1.29, 1.82) is 0 Å². The molecule has 1 unspecified atom stereocenters. The minimum atomic E-state index is 0.0442. The number of aromatic nitrogens is 2. The van der Waals surface area contributed by atoms with E-state index in [2.05, 4.69) is 9.97 Å². The molecule has 0 saturated carbocycles. The summed E-state index contributed by atoms with van der Waals surface area (Å²) in [4.78, 5) is 23.6. The molecule has 1 atom stereocenters. The van der Waals surface area contributed by atoms with Gasteiger partial charge in [0.1, 0.15) is 5.75 Å². The predicted octanol–water partition coefficient (Wildman–Crippen LogP) is 4.13. The normalized spacial score (nSPS) is 16.5. The van der Waals surface area contributed by atoms with E-state index in [-0.39, 0.29) is 17.7 Å². The second-order valence-electron chi connectivity index (χ2n) is 6.82. The molecule has 3 aromatic rings. The number of amides is 1. The van der Waals surface area contributed by atoms with Gasteiger partial charge in [-0.1, -0.05) is 18.2 Å². The lowest BCUT2D eigenvalue weighted by Gasteiger charge is -2.25. The van der Waals surface area contributed by atoms with Crippen LogP contribution in [0.1, 0.15) is 40.5 Å². The molecule has 1 N–H and O–H groups in total. The fourth-order valence-corrected chi connectivity index (χ4v) is 3.59. The van der Waals surface area contributed by atoms with Crippen LogP contribution >= 0.6 is 0 Å². The lowest BCUT2D eigenvalue weighted by Crippen LogP contribution is -2.30. The van der Waals surface area contributed by atoms with Crippen LogP contribution in [0.2, 0.25) is 0 Å². The van der Waals surface area contributed by atoms with Crippen LogP contribution in [-0.2, 0) is 0 Å². The van der Waals surface area contributed by atoms with Gasteiger partial charge in [-0.2, -0.15) is 0 Å². The zero-order valence-electron chi connectivity index (χ0n) is 15.2. The largest absolute Gasteiger partial charge is 0.506 e. The number of likely N-dealkylation sites (tertiary alicyclic amines) is 1. The van der Waals surface area contributed by atoms with Crippen LogP contribution in [-0.4, -0.2) is 32.4 Å². The van der Waals surface area contributed by atoms with Crippen LogP contribution in [0.4, 0.5) is 0 Å². The van der Waals surface area contributed by atoms with Gasteiger partial charge in [0.2, 0.25) is 0 Å². The maximum Gasteiger partial charge on any atom is 0.254 e. The number of hydrogen-bond donors (Lipinski definition) is 1. The van der Waals surface area contributed by atoms with Crippen molar-refractivity contribution in [3.8, 4) is 17.0 Å². The van der Waals surface area contributed by atoms with Gasteiger partial charge in [-0.3, -0.25) is 9.78 Å². The Hall–Kier alpha value is -3.21. The molecule has 0 bridgehead atoms. The number of carbonyl (C=O) groups is 1. The monoisotopic (exact) mass is 359 g/mol. The second kappa shape index (κ2) is 7.19. The van der Waals surface area contributed by atoms with Gasteiger partial charge >= 0.3 is 0 Å². The molecule has 1 amide bonds. The summed E-state index contributed by atoms with van der Waals surface area (Å²) in [5, 5.41) is 9.63. The molecule has 1 aliphatic heterocycles.